The predicted molar refractivity (Wildman–Crippen MR) is 112 cm³/mol. The second kappa shape index (κ2) is 9.78. The van der Waals surface area contributed by atoms with Crippen LogP contribution in [0.2, 0.25) is 0 Å². The molecule has 1 aliphatic heterocycles. The molecule has 1 atom stereocenters. The number of hydrogen-bond donors (Lipinski definition) is 3. The molecule has 30 heavy (non-hydrogen) atoms. The van der Waals surface area contributed by atoms with Crippen molar-refractivity contribution in [2.45, 2.75) is 25.3 Å². The molecule has 1 aliphatic rings. The third-order valence-corrected chi connectivity index (χ3v) is 4.90. The second-order valence-corrected chi connectivity index (χ2v) is 6.89. The van der Waals surface area contributed by atoms with Crippen LogP contribution in [0, 0.1) is 0 Å². The minimum absolute atomic E-state index is 0.126. The molecule has 0 bridgehead atoms. The lowest BCUT2D eigenvalue weighted by Gasteiger charge is -2.14. The minimum atomic E-state index is -0.763. The highest BCUT2D eigenvalue weighted by Crippen LogP contribution is 2.27. The van der Waals surface area contributed by atoms with E-state index in [0.717, 1.165) is 5.56 Å². The summed E-state index contributed by atoms with van der Waals surface area (Å²) < 4.78 is 10.5. The highest BCUT2D eigenvalue weighted by Gasteiger charge is 2.27. The van der Waals surface area contributed by atoms with E-state index in [1.807, 2.05) is 18.2 Å². The van der Waals surface area contributed by atoms with E-state index in [0.29, 0.717) is 35.7 Å². The van der Waals surface area contributed by atoms with E-state index in [1.165, 1.54) is 0 Å². The van der Waals surface area contributed by atoms with Gasteiger partial charge in [0.25, 0.3) is 5.91 Å². The molecule has 2 aromatic carbocycles. The van der Waals surface area contributed by atoms with Crippen LogP contribution in [0.25, 0.3) is 0 Å². The topological polar surface area (TPSA) is 106 Å². The quantitative estimate of drug-likeness (QED) is 0.615. The molecule has 3 amide bonds. The van der Waals surface area contributed by atoms with Gasteiger partial charge >= 0.3 is 0 Å². The largest absolute Gasteiger partial charge is 0.493 e. The summed E-state index contributed by atoms with van der Waals surface area (Å²) in [6.45, 7) is 0.447. The van der Waals surface area contributed by atoms with Crippen molar-refractivity contribution in [1.29, 1.82) is 0 Å². The Labute approximate surface area is 174 Å². The first kappa shape index (κ1) is 21.2. The molecule has 8 nitrogen and oxygen atoms in total. The fourth-order valence-electron chi connectivity index (χ4n) is 3.26. The number of amides is 3. The van der Waals surface area contributed by atoms with Crippen molar-refractivity contribution in [3.05, 3.63) is 53.6 Å². The standard InChI is InChI=1S/C22H25N3O5/c1-29-18-9-7-14(13-19(18)30-2)11-12-23-20(26)10-8-17-22(28)24-16-6-4-3-5-15(16)21(27)25-17/h3-7,9,13,17H,8,10-12H2,1-2H3,(H,23,26)(H,24,28)(H,25,27). The minimum Gasteiger partial charge on any atom is -0.493 e. The average Bonchev–Trinajstić information content (AvgIpc) is 2.88. The number of rotatable bonds is 8. The monoisotopic (exact) mass is 411 g/mol. The SMILES string of the molecule is COc1ccc(CCNC(=O)CCC2NC(=O)c3ccccc3NC2=O)cc1OC. The van der Waals surface area contributed by atoms with E-state index in [9.17, 15) is 14.4 Å². The number of carbonyl (C=O) groups excluding carboxylic acids is 3. The zero-order valence-corrected chi connectivity index (χ0v) is 17.0. The van der Waals surface area contributed by atoms with Crippen LogP contribution >= 0.6 is 0 Å². The van der Waals surface area contributed by atoms with E-state index >= 15 is 0 Å². The third-order valence-electron chi connectivity index (χ3n) is 4.90. The van der Waals surface area contributed by atoms with Gasteiger partial charge in [0.05, 0.1) is 25.5 Å². The van der Waals surface area contributed by atoms with Crippen LogP contribution in [0.5, 0.6) is 11.5 Å². The van der Waals surface area contributed by atoms with Gasteiger partial charge in [0.1, 0.15) is 6.04 Å². The molecular weight excluding hydrogens is 386 g/mol. The Kier molecular flexibility index (Phi) is 6.90. The zero-order chi connectivity index (χ0) is 21.5. The van der Waals surface area contributed by atoms with Crippen molar-refractivity contribution < 1.29 is 23.9 Å². The van der Waals surface area contributed by atoms with Gasteiger partial charge in [0, 0.05) is 13.0 Å². The molecule has 1 heterocycles. The van der Waals surface area contributed by atoms with Gasteiger partial charge in [0.15, 0.2) is 11.5 Å². The smallest absolute Gasteiger partial charge is 0.254 e. The number of benzene rings is 2. The summed E-state index contributed by atoms with van der Waals surface area (Å²) in [4.78, 5) is 36.9. The first-order chi connectivity index (χ1) is 14.5. The number of carbonyl (C=O) groups is 3. The first-order valence-electron chi connectivity index (χ1n) is 9.70. The maximum atomic E-state index is 12.4. The molecule has 0 aliphatic carbocycles. The number of para-hydroxylation sites is 1. The van der Waals surface area contributed by atoms with Crippen LogP contribution in [0.4, 0.5) is 5.69 Å². The van der Waals surface area contributed by atoms with Gasteiger partial charge < -0.3 is 25.4 Å². The summed E-state index contributed by atoms with van der Waals surface area (Å²) >= 11 is 0. The highest BCUT2D eigenvalue weighted by atomic mass is 16.5. The molecule has 8 heteroatoms. The number of fused-ring (bicyclic) bond motifs is 1. The fraction of sp³-hybridized carbons (Fsp3) is 0.318. The Bertz CT molecular complexity index is 944. The van der Waals surface area contributed by atoms with Crippen molar-refractivity contribution in [3.8, 4) is 11.5 Å². The molecule has 2 aromatic rings. The third kappa shape index (κ3) is 5.08. The Morgan fingerprint density at radius 1 is 1.07 bits per heavy atom. The molecular formula is C22H25N3O5. The summed E-state index contributed by atoms with van der Waals surface area (Å²) in [6, 6.07) is 11.6. The molecule has 3 N–H and O–H groups in total. The van der Waals surface area contributed by atoms with Crippen LogP contribution in [0.15, 0.2) is 42.5 Å². The first-order valence-corrected chi connectivity index (χ1v) is 9.70. The molecule has 0 aromatic heterocycles. The summed E-state index contributed by atoms with van der Waals surface area (Å²) in [5.41, 5.74) is 1.88. The van der Waals surface area contributed by atoms with Crippen molar-refractivity contribution in [2.24, 2.45) is 0 Å². The molecule has 3 rings (SSSR count). The van der Waals surface area contributed by atoms with E-state index in [2.05, 4.69) is 16.0 Å². The Balaban J connectivity index is 1.47. The highest BCUT2D eigenvalue weighted by molar-refractivity contribution is 6.09. The number of ether oxygens (including phenoxy) is 2. The molecule has 0 saturated carbocycles. The number of anilines is 1. The lowest BCUT2D eigenvalue weighted by molar-refractivity contribution is -0.121. The lowest BCUT2D eigenvalue weighted by Crippen LogP contribution is -2.42. The van der Waals surface area contributed by atoms with Crippen molar-refractivity contribution in [2.75, 3.05) is 26.1 Å². The van der Waals surface area contributed by atoms with E-state index in [4.69, 9.17) is 9.47 Å². The van der Waals surface area contributed by atoms with Crippen molar-refractivity contribution >= 4 is 23.4 Å². The van der Waals surface area contributed by atoms with Gasteiger partial charge in [-0.3, -0.25) is 14.4 Å². The van der Waals surface area contributed by atoms with Gasteiger partial charge in [0.2, 0.25) is 11.8 Å². The zero-order valence-electron chi connectivity index (χ0n) is 17.0. The van der Waals surface area contributed by atoms with Gasteiger partial charge in [-0.15, -0.1) is 0 Å². The normalized spacial score (nSPS) is 15.3. The maximum absolute atomic E-state index is 12.4. The second-order valence-electron chi connectivity index (χ2n) is 6.89. The Morgan fingerprint density at radius 2 is 1.83 bits per heavy atom. The fourth-order valence-corrected chi connectivity index (χ4v) is 3.26. The molecule has 1 unspecified atom stereocenters. The summed E-state index contributed by atoms with van der Waals surface area (Å²) in [6.07, 6.45) is 0.969. The van der Waals surface area contributed by atoms with Crippen molar-refractivity contribution in [1.82, 2.24) is 10.6 Å². The average molecular weight is 411 g/mol. The van der Waals surface area contributed by atoms with Crippen LogP contribution in [-0.2, 0) is 16.0 Å². The lowest BCUT2D eigenvalue weighted by atomic mass is 10.1. The molecule has 0 saturated heterocycles. The number of hydrogen-bond acceptors (Lipinski definition) is 5. The van der Waals surface area contributed by atoms with E-state index < -0.39 is 6.04 Å². The number of nitrogens with one attached hydrogen (secondary N) is 3. The number of methoxy groups -OCH3 is 2. The summed E-state index contributed by atoms with van der Waals surface area (Å²) in [5, 5.41) is 8.26. The van der Waals surface area contributed by atoms with Gasteiger partial charge in [-0.1, -0.05) is 18.2 Å². The van der Waals surface area contributed by atoms with Crippen LogP contribution < -0.4 is 25.4 Å². The Morgan fingerprint density at radius 3 is 2.60 bits per heavy atom. The molecule has 0 spiro atoms. The molecule has 0 fully saturated rings. The van der Waals surface area contributed by atoms with E-state index in [-0.39, 0.29) is 30.6 Å². The molecule has 158 valence electrons. The van der Waals surface area contributed by atoms with Gasteiger partial charge in [-0.2, -0.15) is 0 Å². The predicted octanol–water partition coefficient (Wildman–Crippen LogP) is 1.89. The van der Waals surface area contributed by atoms with Gasteiger partial charge in [-0.25, -0.2) is 0 Å². The van der Waals surface area contributed by atoms with Gasteiger partial charge in [-0.05, 0) is 42.7 Å². The van der Waals surface area contributed by atoms with Crippen LogP contribution in [0.1, 0.15) is 28.8 Å². The van der Waals surface area contributed by atoms with Crippen LogP contribution in [-0.4, -0.2) is 44.5 Å². The van der Waals surface area contributed by atoms with Crippen LogP contribution in [0.3, 0.4) is 0 Å². The Hall–Kier alpha value is -3.55. The summed E-state index contributed by atoms with van der Waals surface area (Å²) in [5.74, 6) is 0.446. The van der Waals surface area contributed by atoms with E-state index in [1.54, 1.807) is 38.5 Å². The summed E-state index contributed by atoms with van der Waals surface area (Å²) in [7, 11) is 3.15. The van der Waals surface area contributed by atoms with Crippen molar-refractivity contribution in [3.63, 3.8) is 0 Å². The molecule has 0 radical (unpaired) electrons. The maximum Gasteiger partial charge on any atom is 0.254 e.